The first-order chi connectivity index (χ1) is 18.8. The number of halogens is 1. The van der Waals surface area contributed by atoms with Crippen molar-refractivity contribution >= 4 is 5.71 Å². The zero-order valence-electron chi connectivity index (χ0n) is 26.0. The summed E-state index contributed by atoms with van der Waals surface area (Å²) < 4.78 is 36.8. The zero-order valence-corrected chi connectivity index (χ0v) is 26.8. The largest absolute Gasteiger partial charge is 0.371 e. The van der Waals surface area contributed by atoms with Crippen molar-refractivity contribution in [1.82, 2.24) is 4.90 Å². The molecule has 7 heteroatoms. The maximum atomic E-state index is 8.49. The number of fused-ring (bicyclic) bond motifs is 2. The molecule has 6 nitrogen and oxygen atoms in total. The van der Waals surface area contributed by atoms with E-state index in [1.807, 2.05) is 0 Å². The zero-order chi connectivity index (χ0) is 29.6. The maximum Gasteiger partial charge on any atom is 0.182 e. The first-order valence-corrected chi connectivity index (χ1v) is 17.1. The predicted molar refractivity (Wildman–Crippen MR) is 152 cm³/mol. The van der Waals surface area contributed by atoms with Crippen LogP contribution in [-0.2, 0) is 0 Å². The summed E-state index contributed by atoms with van der Waals surface area (Å²) in [7, 11) is -4.94. The van der Waals surface area contributed by atoms with Crippen molar-refractivity contribution in [3.63, 3.8) is 0 Å². The predicted octanol–water partition coefficient (Wildman–Crippen LogP) is 3.78. The molecule has 0 aromatic rings. The molecule has 0 aromatic carbocycles. The van der Waals surface area contributed by atoms with E-state index in [9.17, 15) is 0 Å². The standard InChI is InChI=1S/C33H55N2.ClHO4/c1-7-9-24-34-28-20-16-14-18-26(28)32(3,4)30(34)22-12-11-13-23-31-33(5,6)27-19-15-17-21-29(27)35(31)25-10-8-2;2-1(3,4)5/h11-13,22-23,26-29H,7-10,14-21,24-25H2,1-6H3;(H,2,3,4,5)/q+1;/p-1. The van der Waals surface area contributed by atoms with Crippen LogP contribution in [0.1, 0.15) is 119 Å². The summed E-state index contributed by atoms with van der Waals surface area (Å²) in [6, 6.07) is 1.54. The van der Waals surface area contributed by atoms with Gasteiger partial charge in [-0.05, 0) is 57.9 Å². The fourth-order valence-electron chi connectivity index (χ4n) is 8.34. The lowest BCUT2D eigenvalue weighted by atomic mass is 9.69. The molecule has 2 heterocycles. The minimum atomic E-state index is -4.94. The average Bonchev–Trinajstić information content (AvgIpc) is 3.24. The van der Waals surface area contributed by atoms with Crippen molar-refractivity contribution in [2.75, 3.05) is 13.1 Å². The van der Waals surface area contributed by atoms with Crippen molar-refractivity contribution in [3.8, 4) is 0 Å². The monoisotopic (exact) mass is 578 g/mol. The number of rotatable bonds is 9. The van der Waals surface area contributed by atoms with Crippen LogP contribution >= 0.6 is 0 Å². The van der Waals surface area contributed by atoms with E-state index in [0.29, 0.717) is 10.8 Å². The van der Waals surface area contributed by atoms with Crippen molar-refractivity contribution in [2.24, 2.45) is 22.7 Å². The van der Waals surface area contributed by atoms with Gasteiger partial charge in [0.25, 0.3) is 0 Å². The van der Waals surface area contributed by atoms with E-state index in [-0.39, 0.29) is 0 Å². The van der Waals surface area contributed by atoms with Crippen LogP contribution in [0, 0.1) is 32.9 Å². The molecule has 1 saturated heterocycles. The summed E-state index contributed by atoms with van der Waals surface area (Å²) in [6.07, 6.45) is 28.4. The van der Waals surface area contributed by atoms with Gasteiger partial charge >= 0.3 is 0 Å². The summed E-state index contributed by atoms with van der Waals surface area (Å²) in [4.78, 5) is 2.81. The second kappa shape index (κ2) is 14.3. The van der Waals surface area contributed by atoms with E-state index < -0.39 is 10.2 Å². The normalized spacial score (nSPS) is 30.6. The second-order valence-corrected chi connectivity index (χ2v) is 14.3. The first-order valence-electron chi connectivity index (χ1n) is 15.9. The smallest absolute Gasteiger partial charge is 0.182 e. The Bertz CT molecular complexity index is 941. The lowest BCUT2D eigenvalue weighted by Crippen LogP contribution is -2.68. The number of likely N-dealkylation sites (tertiary alicyclic amines) is 1. The van der Waals surface area contributed by atoms with Crippen LogP contribution < -0.4 is 18.6 Å². The van der Waals surface area contributed by atoms with E-state index in [4.69, 9.17) is 18.6 Å². The highest BCUT2D eigenvalue weighted by molar-refractivity contribution is 5.96. The molecular weight excluding hydrogens is 524 g/mol. The molecule has 4 atom stereocenters. The van der Waals surface area contributed by atoms with E-state index in [1.165, 1.54) is 90.1 Å². The first kappa shape index (κ1) is 33.3. The molecule has 0 N–H and O–H groups in total. The highest BCUT2D eigenvalue weighted by Gasteiger charge is 2.54. The van der Waals surface area contributed by atoms with Gasteiger partial charge in [-0.25, -0.2) is 23.2 Å². The highest BCUT2D eigenvalue weighted by atomic mass is 35.7. The summed E-state index contributed by atoms with van der Waals surface area (Å²) in [5, 5.41) is 0. The van der Waals surface area contributed by atoms with Gasteiger partial charge in [0.05, 0.1) is 5.41 Å². The van der Waals surface area contributed by atoms with Crippen molar-refractivity contribution in [2.45, 2.75) is 131 Å². The summed E-state index contributed by atoms with van der Waals surface area (Å²) in [5.74, 6) is 1.65. The SMILES string of the molecule is CCCCN1/C(=C/C=C/C=C/C2=[N+](CCCC)C3CCCCC3C2(C)C)C(C)(C)C2CCCCC21.[O-][Cl+3]([O-])([O-])[O-]. The molecule has 228 valence electrons. The number of unbranched alkanes of at least 4 members (excludes halogenated alkanes) is 2. The Kier molecular flexibility index (Phi) is 11.9. The maximum absolute atomic E-state index is 8.49. The lowest BCUT2D eigenvalue weighted by molar-refractivity contribution is -2.00. The van der Waals surface area contributed by atoms with Gasteiger partial charge in [-0.15, -0.1) is 10.2 Å². The molecule has 2 aliphatic carbocycles. The van der Waals surface area contributed by atoms with E-state index >= 15 is 0 Å². The van der Waals surface area contributed by atoms with Gasteiger partial charge in [0, 0.05) is 48.5 Å². The molecule has 0 bridgehead atoms. The van der Waals surface area contributed by atoms with E-state index in [0.717, 1.165) is 23.9 Å². The van der Waals surface area contributed by atoms with E-state index in [1.54, 1.807) is 11.4 Å². The average molecular weight is 579 g/mol. The van der Waals surface area contributed by atoms with Crippen molar-refractivity contribution in [3.05, 3.63) is 36.1 Å². The second-order valence-electron chi connectivity index (χ2n) is 13.5. The molecule has 40 heavy (non-hydrogen) atoms. The number of allylic oxidation sites excluding steroid dienone is 6. The molecule has 0 spiro atoms. The Hall–Kier alpha value is -1.18. The third-order valence-electron chi connectivity index (χ3n) is 10.3. The highest BCUT2D eigenvalue weighted by Crippen LogP contribution is 2.53. The van der Waals surface area contributed by atoms with Gasteiger partial charge in [0.15, 0.2) is 11.8 Å². The third-order valence-corrected chi connectivity index (χ3v) is 10.3. The molecule has 0 radical (unpaired) electrons. The topological polar surface area (TPSA) is 98.5 Å². The van der Waals surface area contributed by atoms with Crippen LogP contribution in [0.4, 0.5) is 0 Å². The molecule has 3 fully saturated rings. The van der Waals surface area contributed by atoms with Crippen LogP contribution in [0.3, 0.4) is 0 Å². The Morgan fingerprint density at radius 2 is 1.40 bits per heavy atom. The number of nitrogens with zero attached hydrogens (tertiary/aromatic N) is 2. The Morgan fingerprint density at radius 3 is 2.05 bits per heavy atom. The van der Waals surface area contributed by atoms with Gasteiger partial charge in [-0.2, -0.15) is 0 Å². The van der Waals surface area contributed by atoms with Gasteiger partial charge in [0.1, 0.15) is 6.54 Å². The van der Waals surface area contributed by atoms with Crippen LogP contribution in [0.25, 0.3) is 0 Å². The molecule has 4 aliphatic rings. The van der Waals surface area contributed by atoms with Crippen molar-refractivity contribution in [1.29, 1.82) is 0 Å². The minimum Gasteiger partial charge on any atom is -0.371 e. The molecule has 0 amide bonds. The summed E-state index contributed by atoms with van der Waals surface area (Å²) >= 11 is 0. The van der Waals surface area contributed by atoms with Gasteiger partial charge in [-0.1, -0.05) is 78.0 Å². The Balaban J connectivity index is 0.000000810. The fraction of sp³-hybridized carbons (Fsp3) is 0.788. The fourth-order valence-corrected chi connectivity index (χ4v) is 8.34. The Labute approximate surface area is 246 Å². The Morgan fingerprint density at radius 1 is 0.800 bits per heavy atom. The number of hydrogen-bond acceptors (Lipinski definition) is 5. The van der Waals surface area contributed by atoms with E-state index in [2.05, 4.69) is 81.4 Å². The van der Waals surface area contributed by atoms with Crippen LogP contribution in [0.15, 0.2) is 36.1 Å². The number of hydrogen-bond donors (Lipinski definition) is 0. The van der Waals surface area contributed by atoms with Crippen molar-refractivity contribution < 1.29 is 33.5 Å². The van der Waals surface area contributed by atoms with Crippen LogP contribution in [-0.4, -0.2) is 40.4 Å². The van der Waals surface area contributed by atoms with Gasteiger partial charge in [-0.3, -0.25) is 0 Å². The molecule has 2 saturated carbocycles. The molecule has 4 unspecified atom stereocenters. The van der Waals surface area contributed by atoms with Gasteiger partial charge in [0.2, 0.25) is 0 Å². The minimum absolute atomic E-state index is 0.293. The third kappa shape index (κ3) is 8.01. The quantitative estimate of drug-likeness (QED) is 0.306. The van der Waals surface area contributed by atoms with Crippen LogP contribution in [0.2, 0.25) is 0 Å². The lowest BCUT2D eigenvalue weighted by Gasteiger charge is -2.34. The molecule has 4 rings (SSSR count). The molecule has 0 aromatic heterocycles. The molecular formula is C33H55ClN2O4. The van der Waals surface area contributed by atoms with Crippen LogP contribution in [0.5, 0.6) is 0 Å². The summed E-state index contributed by atoms with van der Waals surface area (Å²) in [6.45, 7) is 17.2. The summed E-state index contributed by atoms with van der Waals surface area (Å²) in [5.41, 5.74) is 3.78. The molecule has 2 aliphatic heterocycles. The van der Waals surface area contributed by atoms with Gasteiger partial charge < -0.3 is 4.90 Å².